The summed E-state index contributed by atoms with van der Waals surface area (Å²) in [5.41, 5.74) is 0. The summed E-state index contributed by atoms with van der Waals surface area (Å²) in [6.45, 7) is 1.04. The summed E-state index contributed by atoms with van der Waals surface area (Å²) in [4.78, 5) is 49.9. The van der Waals surface area contributed by atoms with E-state index in [2.05, 4.69) is 0 Å². The molecule has 0 aromatic carbocycles. The Hall–Kier alpha value is 0.450. The van der Waals surface area contributed by atoms with Crippen molar-refractivity contribution < 1.29 is 43.1 Å². The molecule has 0 spiro atoms. The molecule has 0 aromatic rings. The minimum absolute atomic E-state index is 0.757. The van der Waals surface area contributed by atoms with Gasteiger partial charge in [-0.05, 0) is 6.42 Å². The fourth-order valence-corrected chi connectivity index (χ4v) is 6.85. The van der Waals surface area contributed by atoms with Gasteiger partial charge in [-0.3, -0.25) is 13.7 Å². The summed E-state index contributed by atoms with van der Waals surface area (Å²) in [7, 11) is -15.7. The van der Waals surface area contributed by atoms with Crippen LogP contribution in [0.3, 0.4) is 0 Å². The molecule has 0 amide bonds. The highest BCUT2D eigenvalue weighted by molar-refractivity contribution is 7.74. The quantitative estimate of drug-likeness (QED) is 0.370. The third kappa shape index (κ3) is 3.47. The Morgan fingerprint density at radius 2 is 1.19 bits per heavy atom. The van der Waals surface area contributed by atoms with Crippen LogP contribution in [0.15, 0.2) is 0 Å². The van der Waals surface area contributed by atoms with E-state index in [9.17, 15) is 13.7 Å². The molecule has 98 valence electrons. The summed E-state index contributed by atoms with van der Waals surface area (Å²) in [5, 5.41) is 0. The van der Waals surface area contributed by atoms with Gasteiger partial charge in [-0.2, -0.15) is 0 Å². The van der Waals surface area contributed by atoms with E-state index < -0.39 is 40.3 Å². The molecule has 0 bridgehead atoms. The van der Waals surface area contributed by atoms with Gasteiger partial charge in [0.15, 0.2) is 4.90 Å². The normalized spacial score (nSPS) is 15.2. The average Bonchev–Trinajstić information content (AvgIpc) is 1.93. The van der Waals surface area contributed by atoms with E-state index in [-0.39, 0.29) is 0 Å². The molecular formula is C4H13O9P3. The number of hydrogen-bond donors (Lipinski definition) is 6. The maximum atomic E-state index is 11.1. The largest absolute Gasteiger partial charge is 0.344 e. The SMILES string of the molecule is CCC(CP(=O)(O)O)(P(=O)(O)O)P(=O)(O)O. The molecule has 0 aliphatic heterocycles. The average molecular weight is 298 g/mol. The molecule has 0 fully saturated rings. The van der Waals surface area contributed by atoms with Crippen LogP contribution in [0, 0.1) is 0 Å². The zero-order valence-electron chi connectivity index (χ0n) is 8.16. The lowest BCUT2D eigenvalue weighted by molar-refractivity contribution is 0.300. The molecule has 0 aromatic heterocycles. The summed E-state index contributed by atoms with van der Waals surface area (Å²) >= 11 is 0. The predicted molar refractivity (Wildman–Crippen MR) is 54.0 cm³/mol. The van der Waals surface area contributed by atoms with Crippen molar-refractivity contribution in [1.29, 1.82) is 0 Å². The lowest BCUT2D eigenvalue weighted by atomic mass is 10.3. The van der Waals surface area contributed by atoms with Crippen molar-refractivity contribution in [2.45, 2.75) is 18.2 Å². The van der Waals surface area contributed by atoms with Crippen molar-refractivity contribution in [2.75, 3.05) is 6.16 Å². The van der Waals surface area contributed by atoms with Gasteiger partial charge in [0.1, 0.15) is 0 Å². The van der Waals surface area contributed by atoms with Gasteiger partial charge in [0, 0.05) is 0 Å². The van der Waals surface area contributed by atoms with Crippen molar-refractivity contribution in [3.8, 4) is 0 Å². The number of rotatable bonds is 5. The molecule has 9 nitrogen and oxygen atoms in total. The van der Waals surface area contributed by atoms with Gasteiger partial charge in [-0.15, -0.1) is 0 Å². The van der Waals surface area contributed by atoms with E-state index in [1.54, 1.807) is 0 Å². The molecular weight excluding hydrogens is 285 g/mol. The van der Waals surface area contributed by atoms with E-state index in [1.165, 1.54) is 0 Å². The van der Waals surface area contributed by atoms with Crippen LogP contribution < -0.4 is 0 Å². The van der Waals surface area contributed by atoms with Crippen LogP contribution in [-0.4, -0.2) is 40.4 Å². The van der Waals surface area contributed by atoms with Crippen LogP contribution >= 0.6 is 22.8 Å². The molecule has 16 heavy (non-hydrogen) atoms. The smallest absolute Gasteiger partial charge is 0.324 e. The van der Waals surface area contributed by atoms with Gasteiger partial charge in [-0.25, -0.2) is 0 Å². The first-order valence-electron chi connectivity index (χ1n) is 3.93. The maximum Gasteiger partial charge on any atom is 0.344 e. The van der Waals surface area contributed by atoms with E-state index >= 15 is 0 Å². The van der Waals surface area contributed by atoms with Crippen molar-refractivity contribution in [3.63, 3.8) is 0 Å². The monoisotopic (exact) mass is 298 g/mol. The Kier molecular flexibility index (Phi) is 4.74. The zero-order chi connectivity index (χ0) is 13.4. The van der Waals surface area contributed by atoms with Crippen LogP contribution in [0.1, 0.15) is 13.3 Å². The fraction of sp³-hybridized carbons (Fsp3) is 1.00. The molecule has 12 heteroatoms. The second-order valence-corrected chi connectivity index (χ2v) is 9.13. The van der Waals surface area contributed by atoms with Crippen LogP contribution in [0.25, 0.3) is 0 Å². The van der Waals surface area contributed by atoms with Crippen LogP contribution in [-0.2, 0) is 13.7 Å². The Bertz CT molecular complexity index is 362. The first-order chi connectivity index (χ1) is 6.77. The minimum Gasteiger partial charge on any atom is -0.324 e. The van der Waals surface area contributed by atoms with E-state index in [1.807, 2.05) is 0 Å². The van der Waals surface area contributed by atoms with Crippen molar-refractivity contribution in [2.24, 2.45) is 0 Å². The Morgan fingerprint density at radius 1 is 0.875 bits per heavy atom. The van der Waals surface area contributed by atoms with Gasteiger partial charge >= 0.3 is 22.8 Å². The molecule has 0 saturated carbocycles. The van der Waals surface area contributed by atoms with Gasteiger partial charge < -0.3 is 29.4 Å². The highest BCUT2D eigenvalue weighted by atomic mass is 31.2. The molecule has 0 atom stereocenters. The molecule has 0 aliphatic rings. The summed E-state index contributed by atoms with van der Waals surface area (Å²) < 4.78 is 32.8. The molecule has 0 radical (unpaired) electrons. The lowest BCUT2D eigenvalue weighted by Crippen LogP contribution is -2.32. The second kappa shape index (κ2) is 4.61. The highest BCUT2D eigenvalue weighted by Crippen LogP contribution is 2.73. The Morgan fingerprint density at radius 3 is 1.25 bits per heavy atom. The minimum atomic E-state index is -5.38. The zero-order valence-corrected chi connectivity index (χ0v) is 10.8. The summed E-state index contributed by atoms with van der Waals surface area (Å²) in [5.74, 6) is 0. The van der Waals surface area contributed by atoms with E-state index in [0.29, 0.717) is 0 Å². The molecule has 0 heterocycles. The van der Waals surface area contributed by atoms with E-state index in [0.717, 1.165) is 6.92 Å². The first-order valence-corrected chi connectivity index (χ1v) is 8.95. The maximum absolute atomic E-state index is 11.1. The van der Waals surface area contributed by atoms with Crippen LogP contribution in [0.4, 0.5) is 0 Å². The second-order valence-electron chi connectivity index (χ2n) is 3.25. The third-order valence-corrected chi connectivity index (χ3v) is 8.24. The van der Waals surface area contributed by atoms with Gasteiger partial charge in [0.2, 0.25) is 0 Å². The van der Waals surface area contributed by atoms with Gasteiger partial charge in [0.25, 0.3) is 0 Å². The Balaban J connectivity index is 5.80. The third-order valence-electron chi connectivity index (χ3n) is 2.11. The van der Waals surface area contributed by atoms with Crippen molar-refractivity contribution in [3.05, 3.63) is 0 Å². The van der Waals surface area contributed by atoms with Crippen LogP contribution in [0.5, 0.6) is 0 Å². The summed E-state index contributed by atoms with van der Waals surface area (Å²) in [6.07, 6.45) is -2.32. The van der Waals surface area contributed by atoms with Crippen molar-refractivity contribution >= 4 is 22.8 Å². The van der Waals surface area contributed by atoms with Crippen molar-refractivity contribution in [1.82, 2.24) is 0 Å². The topological polar surface area (TPSA) is 173 Å². The Labute approximate surface area is 91.0 Å². The molecule has 0 rings (SSSR count). The molecule has 0 aliphatic carbocycles. The predicted octanol–water partition coefficient (Wildman–Crippen LogP) is -0.374. The van der Waals surface area contributed by atoms with Gasteiger partial charge in [-0.1, -0.05) is 6.92 Å². The molecule has 6 N–H and O–H groups in total. The summed E-state index contributed by atoms with van der Waals surface area (Å²) in [6, 6.07) is 0. The molecule has 0 unspecified atom stereocenters. The first kappa shape index (κ1) is 16.4. The number of hydrogen-bond acceptors (Lipinski definition) is 3. The highest BCUT2D eigenvalue weighted by Gasteiger charge is 2.61. The standard InChI is InChI=1S/C4H13O9P3/c1-2-4(15(8,9)10,16(11,12)13)3-14(5,6)7/h2-3H2,1H3,(H2,5,6,7)(H2,8,9,10)(H2,11,12,13). The van der Waals surface area contributed by atoms with Crippen LogP contribution in [0.2, 0.25) is 0 Å². The molecule has 0 saturated heterocycles. The van der Waals surface area contributed by atoms with Gasteiger partial charge in [0.05, 0.1) is 6.16 Å². The lowest BCUT2D eigenvalue weighted by Gasteiger charge is -2.33. The van der Waals surface area contributed by atoms with E-state index in [4.69, 9.17) is 29.4 Å². The fourth-order valence-electron chi connectivity index (χ4n) is 1.21.